The van der Waals surface area contributed by atoms with Gasteiger partial charge in [0.1, 0.15) is 11.9 Å². The molecule has 1 amide bonds. The van der Waals surface area contributed by atoms with E-state index in [0.717, 1.165) is 19.6 Å². The summed E-state index contributed by atoms with van der Waals surface area (Å²) >= 11 is 1.71. The van der Waals surface area contributed by atoms with Crippen LogP contribution in [0, 0.1) is 5.82 Å². The number of carbonyl (C=O) groups is 1. The van der Waals surface area contributed by atoms with E-state index in [0.29, 0.717) is 18.7 Å². The second kappa shape index (κ2) is 8.08. The molecule has 1 aromatic heterocycles. The third kappa shape index (κ3) is 4.26. The van der Waals surface area contributed by atoms with Gasteiger partial charge in [-0.05, 0) is 42.6 Å². The van der Waals surface area contributed by atoms with Crippen molar-refractivity contribution in [2.45, 2.75) is 12.6 Å². The Morgan fingerprint density at radius 3 is 2.52 bits per heavy atom. The molecule has 6 heteroatoms. The third-order valence-electron chi connectivity index (χ3n) is 4.62. The second-order valence-corrected chi connectivity index (χ2v) is 7.40. The number of nitrogens with zero attached hydrogens (tertiary/aromatic N) is 3. The Morgan fingerprint density at radius 2 is 1.92 bits per heavy atom. The molecule has 0 bridgehead atoms. The Labute approximate surface area is 152 Å². The normalized spacial score (nSPS) is 17.0. The van der Waals surface area contributed by atoms with E-state index in [4.69, 9.17) is 0 Å². The van der Waals surface area contributed by atoms with Crippen molar-refractivity contribution < 1.29 is 9.18 Å². The lowest BCUT2D eigenvalue weighted by molar-refractivity contribution is -0.138. The maximum atomic E-state index is 14.2. The zero-order valence-electron chi connectivity index (χ0n) is 14.7. The minimum absolute atomic E-state index is 0.0229. The van der Waals surface area contributed by atoms with Crippen LogP contribution in [-0.2, 0) is 11.3 Å². The van der Waals surface area contributed by atoms with Crippen LogP contribution in [0.25, 0.3) is 0 Å². The van der Waals surface area contributed by atoms with Crippen molar-refractivity contribution in [3.8, 4) is 0 Å². The smallest absolute Gasteiger partial charge is 0.244 e. The zero-order chi connectivity index (χ0) is 17.8. The number of likely N-dealkylation sites (N-methyl/N-ethyl adjacent to an activating group) is 1. The molecule has 0 aliphatic carbocycles. The van der Waals surface area contributed by atoms with Gasteiger partial charge in [0.15, 0.2) is 0 Å². The van der Waals surface area contributed by atoms with E-state index in [1.807, 2.05) is 19.0 Å². The molecule has 3 rings (SSSR count). The fourth-order valence-electron chi connectivity index (χ4n) is 3.27. The Morgan fingerprint density at radius 1 is 1.20 bits per heavy atom. The van der Waals surface area contributed by atoms with Crippen LogP contribution >= 0.6 is 11.3 Å². The molecule has 0 radical (unpaired) electrons. The number of halogens is 1. The molecular weight excluding hydrogens is 337 g/mol. The van der Waals surface area contributed by atoms with Crippen molar-refractivity contribution in [2.75, 3.05) is 40.3 Å². The summed E-state index contributed by atoms with van der Waals surface area (Å²) in [4.78, 5) is 19.0. The van der Waals surface area contributed by atoms with Gasteiger partial charge < -0.3 is 4.90 Å². The van der Waals surface area contributed by atoms with Gasteiger partial charge in [0.25, 0.3) is 0 Å². The molecule has 2 heterocycles. The van der Waals surface area contributed by atoms with Crippen LogP contribution in [0.1, 0.15) is 17.2 Å². The van der Waals surface area contributed by atoms with Crippen molar-refractivity contribution in [2.24, 2.45) is 0 Å². The highest BCUT2D eigenvalue weighted by Gasteiger charge is 2.31. The summed E-state index contributed by atoms with van der Waals surface area (Å²) in [5.41, 5.74) is 1.76. The quantitative estimate of drug-likeness (QED) is 0.819. The summed E-state index contributed by atoms with van der Waals surface area (Å²) in [6.45, 7) is 3.98. The summed E-state index contributed by atoms with van der Waals surface area (Å²) in [5, 5.41) is 4.25. The highest BCUT2D eigenvalue weighted by molar-refractivity contribution is 7.07. The molecule has 0 spiro atoms. The largest absolute Gasteiger partial charge is 0.338 e. The van der Waals surface area contributed by atoms with Crippen molar-refractivity contribution in [3.63, 3.8) is 0 Å². The Balaban J connectivity index is 1.65. The first-order chi connectivity index (χ1) is 12.1. The summed E-state index contributed by atoms with van der Waals surface area (Å²) in [6.07, 6.45) is 0. The summed E-state index contributed by atoms with van der Waals surface area (Å²) < 4.78 is 14.2. The van der Waals surface area contributed by atoms with Gasteiger partial charge in [0.2, 0.25) is 5.91 Å². The van der Waals surface area contributed by atoms with Crippen LogP contribution in [0.4, 0.5) is 4.39 Å². The Hall–Kier alpha value is -1.76. The van der Waals surface area contributed by atoms with Gasteiger partial charge >= 0.3 is 0 Å². The van der Waals surface area contributed by atoms with Crippen LogP contribution in [0.5, 0.6) is 0 Å². The molecule has 1 aliphatic heterocycles. The summed E-state index contributed by atoms with van der Waals surface area (Å²) in [7, 11) is 3.64. The van der Waals surface area contributed by atoms with E-state index in [1.165, 1.54) is 11.6 Å². The Bertz CT molecular complexity index is 696. The molecule has 134 valence electrons. The first kappa shape index (κ1) is 18.0. The van der Waals surface area contributed by atoms with Crippen molar-refractivity contribution in [1.82, 2.24) is 14.7 Å². The molecular formula is C19H24FN3OS. The number of benzene rings is 1. The molecule has 0 N–H and O–H groups in total. The highest BCUT2D eigenvalue weighted by Crippen LogP contribution is 2.24. The number of hydrogen-bond donors (Lipinski definition) is 0. The predicted octanol–water partition coefficient (Wildman–Crippen LogP) is 2.83. The molecule has 1 atom stereocenters. The van der Waals surface area contributed by atoms with E-state index in [-0.39, 0.29) is 11.7 Å². The number of carbonyl (C=O) groups excluding carboxylic acids is 1. The van der Waals surface area contributed by atoms with E-state index < -0.39 is 6.04 Å². The minimum atomic E-state index is -0.579. The molecule has 1 saturated heterocycles. The lowest BCUT2D eigenvalue weighted by atomic mass is 10.0. The molecule has 1 fully saturated rings. The first-order valence-corrected chi connectivity index (χ1v) is 9.43. The maximum Gasteiger partial charge on any atom is 0.244 e. The molecule has 25 heavy (non-hydrogen) atoms. The van der Waals surface area contributed by atoms with Gasteiger partial charge in [-0.2, -0.15) is 11.3 Å². The van der Waals surface area contributed by atoms with E-state index >= 15 is 0 Å². The van der Waals surface area contributed by atoms with E-state index in [1.54, 1.807) is 34.4 Å². The molecule has 1 aliphatic rings. The molecule has 4 nitrogen and oxygen atoms in total. The number of piperazine rings is 1. The molecule has 1 aromatic carbocycles. The zero-order valence-corrected chi connectivity index (χ0v) is 15.5. The first-order valence-electron chi connectivity index (χ1n) is 8.49. The fraction of sp³-hybridized carbons (Fsp3) is 0.421. The van der Waals surface area contributed by atoms with Gasteiger partial charge in [0, 0.05) is 38.3 Å². The van der Waals surface area contributed by atoms with E-state index in [9.17, 15) is 9.18 Å². The molecule has 0 unspecified atom stereocenters. The maximum absolute atomic E-state index is 14.2. The number of thiophene rings is 1. The van der Waals surface area contributed by atoms with Crippen LogP contribution in [-0.4, -0.2) is 60.9 Å². The molecule has 2 aromatic rings. The fourth-order valence-corrected chi connectivity index (χ4v) is 3.93. The predicted molar refractivity (Wildman–Crippen MR) is 99.0 cm³/mol. The highest BCUT2D eigenvalue weighted by atomic mass is 32.1. The van der Waals surface area contributed by atoms with Crippen LogP contribution < -0.4 is 0 Å². The second-order valence-electron chi connectivity index (χ2n) is 6.62. The number of rotatable bonds is 5. The van der Waals surface area contributed by atoms with E-state index in [2.05, 4.69) is 21.7 Å². The average molecular weight is 361 g/mol. The van der Waals surface area contributed by atoms with Crippen LogP contribution in [0.2, 0.25) is 0 Å². The third-order valence-corrected chi connectivity index (χ3v) is 5.35. The minimum Gasteiger partial charge on any atom is -0.338 e. The SMILES string of the molecule is CN(C)[C@H](C(=O)N1CCN(Cc2ccsc2)CC1)c1ccccc1F. The van der Waals surface area contributed by atoms with Crippen molar-refractivity contribution in [3.05, 3.63) is 58.0 Å². The monoisotopic (exact) mass is 361 g/mol. The standard InChI is InChI=1S/C19H24FN3OS/c1-21(2)18(16-5-3-4-6-17(16)20)19(24)23-10-8-22(9-11-23)13-15-7-12-25-14-15/h3-7,12,14,18H,8-11,13H2,1-2H3/t18-/m0/s1. The number of hydrogen-bond acceptors (Lipinski definition) is 4. The van der Waals surface area contributed by atoms with Gasteiger partial charge in [-0.15, -0.1) is 0 Å². The summed E-state index contributed by atoms with van der Waals surface area (Å²) in [6, 6.07) is 8.11. The van der Waals surface area contributed by atoms with Crippen LogP contribution in [0.3, 0.4) is 0 Å². The van der Waals surface area contributed by atoms with Crippen molar-refractivity contribution in [1.29, 1.82) is 0 Å². The Kier molecular flexibility index (Phi) is 5.83. The number of amides is 1. The topological polar surface area (TPSA) is 26.8 Å². The van der Waals surface area contributed by atoms with Gasteiger partial charge in [-0.25, -0.2) is 4.39 Å². The van der Waals surface area contributed by atoms with Gasteiger partial charge in [-0.3, -0.25) is 14.6 Å². The molecule has 0 saturated carbocycles. The van der Waals surface area contributed by atoms with Crippen molar-refractivity contribution >= 4 is 17.2 Å². The average Bonchev–Trinajstić information content (AvgIpc) is 3.10. The van der Waals surface area contributed by atoms with Crippen LogP contribution in [0.15, 0.2) is 41.1 Å². The van der Waals surface area contributed by atoms with Gasteiger partial charge in [-0.1, -0.05) is 18.2 Å². The lowest BCUT2D eigenvalue weighted by Gasteiger charge is -2.37. The van der Waals surface area contributed by atoms with Gasteiger partial charge in [0.05, 0.1) is 0 Å². The summed E-state index contributed by atoms with van der Waals surface area (Å²) in [5.74, 6) is -0.351. The lowest BCUT2D eigenvalue weighted by Crippen LogP contribution is -2.51.